The molecule has 1 amide bonds. The van der Waals surface area contributed by atoms with Crippen molar-refractivity contribution in [3.63, 3.8) is 0 Å². The zero-order valence-electron chi connectivity index (χ0n) is 15.0. The predicted octanol–water partition coefficient (Wildman–Crippen LogP) is 4.05. The number of fused-ring (bicyclic) bond motifs is 1. The van der Waals surface area contributed by atoms with Gasteiger partial charge in [-0.25, -0.2) is 0 Å². The highest BCUT2D eigenvalue weighted by molar-refractivity contribution is 6.04. The lowest BCUT2D eigenvalue weighted by atomic mass is 10.1. The summed E-state index contributed by atoms with van der Waals surface area (Å²) in [5.74, 6) is 0.587. The number of H-pyrrole nitrogens is 1. The highest BCUT2D eigenvalue weighted by Gasteiger charge is 2.29. The lowest BCUT2D eigenvalue weighted by Crippen LogP contribution is -2.22. The Labute approximate surface area is 153 Å². The van der Waals surface area contributed by atoms with Crippen LogP contribution in [0, 0.1) is 6.92 Å². The smallest absolute Gasteiger partial charge is 0.256 e. The Morgan fingerprint density at radius 3 is 2.73 bits per heavy atom. The van der Waals surface area contributed by atoms with Crippen LogP contribution in [0.25, 0.3) is 0 Å². The van der Waals surface area contributed by atoms with E-state index in [4.69, 9.17) is 0 Å². The molecule has 2 N–H and O–H groups in total. The average Bonchev–Trinajstić information content (AvgIpc) is 3.24. The fraction of sp³-hybridized carbons (Fsp3) is 0.238. The number of aromatic amines is 1. The summed E-state index contributed by atoms with van der Waals surface area (Å²) in [6.07, 6.45) is 0. The summed E-state index contributed by atoms with van der Waals surface area (Å²) in [5, 5.41) is 10.4. The Morgan fingerprint density at radius 1 is 1.15 bits per heavy atom. The molecule has 2 heterocycles. The molecular formula is C21H22N4O. The van der Waals surface area contributed by atoms with Gasteiger partial charge < -0.3 is 5.32 Å². The minimum atomic E-state index is -0.116. The van der Waals surface area contributed by atoms with Gasteiger partial charge in [-0.15, -0.1) is 0 Å². The van der Waals surface area contributed by atoms with Gasteiger partial charge in [0.05, 0.1) is 5.69 Å². The van der Waals surface area contributed by atoms with Gasteiger partial charge in [0, 0.05) is 30.3 Å². The topological polar surface area (TPSA) is 61.0 Å². The van der Waals surface area contributed by atoms with E-state index < -0.39 is 0 Å². The van der Waals surface area contributed by atoms with Crippen molar-refractivity contribution in [3.05, 3.63) is 82.5 Å². The van der Waals surface area contributed by atoms with Crippen LogP contribution in [0.2, 0.25) is 0 Å². The number of nitrogens with one attached hydrogen (secondary N) is 2. The Kier molecular flexibility index (Phi) is 4.31. The first-order valence-electron chi connectivity index (χ1n) is 8.85. The minimum Gasteiger partial charge on any atom is -0.307 e. The quantitative estimate of drug-likeness (QED) is 0.749. The highest BCUT2D eigenvalue weighted by Crippen LogP contribution is 2.33. The van der Waals surface area contributed by atoms with Crippen LogP contribution in [0.5, 0.6) is 0 Å². The zero-order chi connectivity index (χ0) is 18.1. The number of aryl methyl sites for hydroxylation is 1. The van der Waals surface area contributed by atoms with E-state index in [0.29, 0.717) is 17.4 Å². The molecule has 1 aliphatic heterocycles. The first-order chi connectivity index (χ1) is 12.6. The molecule has 1 aliphatic rings. The van der Waals surface area contributed by atoms with Crippen molar-refractivity contribution < 1.29 is 4.79 Å². The first kappa shape index (κ1) is 16.5. The van der Waals surface area contributed by atoms with Crippen molar-refractivity contribution >= 4 is 11.7 Å². The SMILES string of the molecule is Cc1cccc(C(=O)Nc2[nH]nc3c2CN(C(C)c2ccccc2)C3)c1. The fourth-order valence-corrected chi connectivity index (χ4v) is 3.45. The number of carbonyl (C=O) groups excluding carboxylic acids is 1. The molecule has 0 aliphatic carbocycles. The number of hydrogen-bond acceptors (Lipinski definition) is 3. The fourth-order valence-electron chi connectivity index (χ4n) is 3.45. The van der Waals surface area contributed by atoms with Crippen LogP contribution in [0.15, 0.2) is 54.6 Å². The molecule has 132 valence electrons. The molecule has 26 heavy (non-hydrogen) atoms. The van der Waals surface area contributed by atoms with Crippen LogP contribution in [-0.4, -0.2) is 21.0 Å². The summed E-state index contributed by atoms with van der Waals surface area (Å²) in [7, 11) is 0. The maximum atomic E-state index is 12.5. The molecule has 1 aromatic heterocycles. The number of nitrogens with zero attached hydrogens (tertiary/aromatic N) is 2. The van der Waals surface area contributed by atoms with E-state index in [1.807, 2.05) is 37.3 Å². The first-order valence-corrected chi connectivity index (χ1v) is 8.85. The molecule has 1 unspecified atom stereocenters. The summed E-state index contributed by atoms with van der Waals surface area (Å²) < 4.78 is 0. The normalized spacial score (nSPS) is 14.8. The van der Waals surface area contributed by atoms with Gasteiger partial charge in [-0.1, -0.05) is 48.0 Å². The van der Waals surface area contributed by atoms with E-state index in [9.17, 15) is 4.79 Å². The van der Waals surface area contributed by atoms with Gasteiger partial charge in [0.1, 0.15) is 5.82 Å². The minimum absolute atomic E-state index is 0.116. The van der Waals surface area contributed by atoms with E-state index in [1.165, 1.54) is 5.56 Å². The average molecular weight is 346 g/mol. The molecule has 4 rings (SSSR count). The number of rotatable bonds is 4. The lowest BCUT2D eigenvalue weighted by Gasteiger charge is -2.24. The third-order valence-corrected chi connectivity index (χ3v) is 5.02. The van der Waals surface area contributed by atoms with Gasteiger partial charge >= 0.3 is 0 Å². The third kappa shape index (κ3) is 3.13. The van der Waals surface area contributed by atoms with Crippen LogP contribution in [0.1, 0.15) is 45.7 Å². The van der Waals surface area contributed by atoms with Gasteiger partial charge in [-0.05, 0) is 31.5 Å². The Morgan fingerprint density at radius 2 is 1.96 bits per heavy atom. The number of carbonyl (C=O) groups is 1. The summed E-state index contributed by atoms with van der Waals surface area (Å²) in [6, 6.07) is 18.3. The third-order valence-electron chi connectivity index (χ3n) is 5.02. The maximum absolute atomic E-state index is 12.5. The molecule has 2 aromatic carbocycles. The molecule has 0 spiro atoms. The second kappa shape index (κ2) is 6.77. The van der Waals surface area contributed by atoms with Gasteiger partial charge in [-0.2, -0.15) is 5.10 Å². The number of aromatic nitrogens is 2. The summed E-state index contributed by atoms with van der Waals surface area (Å²) in [6.45, 7) is 5.73. The van der Waals surface area contributed by atoms with Gasteiger partial charge in [0.15, 0.2) is 0 Å². The van der Waals surface area contributed by atoms with Crippen molar-refractivity contribution in [1.82, 2.24) is 15.1 Å². The molecule has 0 saturated carbocycles. The van der Waals surface area contributed by atoms with Crippen LogP contribution < -0.4 is 5.32 Å². The van der Waals surface area contributed by atoms with E-state index in [-0.39, 0.29) is 5.91 Å². The van der Waals surface area contributed by atoms with Crippen LogP contribution >= 0.6 is 0 Å². The van der Waals surface area contributed by atoms with Gasteiger partial charge in [0.2, 0.25) is 0 Å². The molecule has 0 saturated heterocycles. The van der Waals surface area contributed by atoms with Crippen molar-refractivity contribution in [1.29, 1.82) is 0 Å². The molecule has 1 atom stereocenters. The van der Waals surface area contributed by atoms with Gasteiger partial charge in [-0.3, -0.25) is 14.8 Å². The Bertz CT molecular complexity index is 932. The second-order valence-corrected chi connectivity index (χ2v) is 6.84. The number of amides is 1. The monoisotopic (exact) mass is 346 g/mol. The summed E-state index contributed by atoms with van der Waals surface area (Å²) >= 11 is 0. The van der Waals surface area contributed by atoms with Crippen molar-refractivity contribution in [3.8, 4) is 0 Å². The molecule has 3 aromatic rings. The maximum Gasteiger partial charge on any atom is 0.256 e. The van der Waals surface area contributed by atoms with Crippen molar-refractivity contribution in [2.75, 3.05) is 5.32 Å². The van der Waals surface area contributed by atoms with Crippen molar-refractivity contribution in [2.24, 2.45) is 0 Å². The predicted molar refractivity (Wildman–Crippen MR) is 102 cm³/mol. The lowest BCUT2D eigenvalue weighted by molar-refractivity contribution is 0.102. The molecule has 5 nitrogen and oxygen atoms in total. The standard InChI is InChI=1S/C21H22N4O/c1-14-7-6-10-17(11-14)21(26)22-20-18-12-25(13-19(18)23-24-20)15(2)16-8-4-3-5-9-16/h3-11,15H,12-13H2,1-2H3,(H2,22,23,24,26). The molecule has 5 heteroatoms. The number of anilines is 1. The van der Waals surface area contributed by atoms with E-state index >= 15 is 0 Å². The second-order valence-electron chi connectivity index (χ2n) is 6.84. The van der Waals surface area contributed by atoms with E-state index in [0.717, 1.165) is 29.9 Å². The van der Waals surface area contributed by atoms with E-state index in [1.54, 1.807) is 0 Å². The van der Waals surface area contributed by atoms with Crippen molar-refractivity contribution in [2.45, 2.75) is 33.0 Å². The van der Waals surface area contributed by atoms with E-state index in [2.05, 4.69) is 51.6 Å². The number of hydrogen-bond donors (Lipinski definition) is 2. The highest BCUT2D eigenvalue weighted by atomic mass is 16.1. The molecule has 0 radical (unpaired) electrons. The summed E-state index contributed by atoms with van der Waals surface area (Å²) in [5.41, 5.74) is 5.09. The molecule has 0 bridgehead atoms. The Balaban J connectivity index is 1.49. The number of benzene rings is 2. The molecular weight excluding hydrogens is 324 g/mol. The summed E-state index contributed by atoms with van der Waals surface area (Å²) in [4.78, 5) is 14.9. The largest absolute Gasteiger partial charge is 0.307 e. The molecule has 0 fully saturated rings. The van der Waals surface area contributed by atoms with Gasteiger partial charge in [0.25, 0.3) is 5.91 Å². The zero-order valence-corrected chi connectivity index (χ0v) is 15.0. The van der Waals surface area contributed by atoms with Crippen LogP contribution in [0.3, 0.4) is 0 Å². The van der Waals surface area contributed by atoms with Crippen LogP contribution in [-0.2, 0) is 13.1 Å². The Hall–Kier alpha value is -2.92. The van der Waals surface area contributed by atoms with Crippen LogP contribution in [0.4, 0.5) is 5.82 Å².